The van der Waals surface area contributed by atoms with E-state index < -0.39 is 41.1 Å². The van der Waals surface area contributed by atoms with Crippen molar-refractivity contribution in [2.45, 2.75) is 25.4 Å². The summed E-state index contributed by atoms with van der Waals surface area (Å²) >= 11 is 0. The first-order valence-electron chi connectivity index (χ1n) is 6.59. The van der Waals surface area contributed by atoms with Gasteiger partial charge in [-0.1, -0.05) is 0 Å². The molecule has 3 rings (SSSR count). The summed E-state index contributed by atoms with van der Waals surface area (Å²) < 4.78 is 14.2. The Bertz CT molecular complexity index is 730. The molecule has 2 aliphatic heterocycles. The van der Waals surface area contributed by atoms with Crippen LogP contribution in [0.2, 0.25) is 0 Å². The maximum atomic E-state index is 14.2. The molecule has 0 aromatic heterocycles. The largest absolute Gasteiger partial charge is 0.478 e. The Balaban J connectivity index is 1.94. The molecule has 1 aromatic rings. The van der Waals surface area contributed by atoms with Crippen LogP contribution in [0.4, 0.5) is 4.39 Å². The average molecular weight is 306 g/mol. The van der Waals surface area contributed by atoms with Crippen molar-refractivity contribution in [3.8, 4) is 0 Å². The van der Waals surface area contributed by atoms with Crippen LogP contribution in [-0.2, 0) is 16.1 Å². The zero-order valence-corrected chi connectivity index (χ0v) is 11.3. The molecule has 3 amide bonds. The van der Waals surface area contributed by atoms with E-state index in [1.165, 1.54) is 11.0 Å². The topological polar surface area (TPSA) is 104 Å². The Hall–Kier alpha value is -2.77. The van der Waals surface area contributed by atoms with Crippen LogP contribution in [0.25, 0.3) is 0 Å². The van der Waals surface area contributed by atoms with E-state index in [9.17, 15) is 23.6 Å². The predicted octanol–water partition coefficient (Wildman–Crippen LogP) is 0.285. The van der Waals surface area contributed by atoms with E-state index in [1.54, 1.807) is 0 Å². The third-order valence-electron chi connectivity index (χ3n) is 3.88. The number of halogens is 1. The van der Waals surface area contributed by atoms with E-state index in [4.69, 9.17) is 5.11 Å². The number of hydrogen-bond donors (Lipinski definition) is 2. The number of hydrogen-bond acceptors (Lipinski definition) is 4. The number of carbonyl (C=O) groups excluding carboxylic acids is 3. The van der Waals surface area contributed by atoms with E-state index in [0.29, 0.717) is 0 Å². The first kappa shape index (κ1) is 14.2. The Kier molecular flexibility index (Phi) is 3.16. The second-order valence-electron chi connectivity index (χ2n) is 5.16. The summed E-state index contributed by atoms with van der Waals surface area (Å²) in [4.78, 5) is 47.4. The molecule has 2 heterocycles. The maximum absolute atomic E-state index is 14.2. The molecular weight excluding hydrogens is 295 g/mol. The minimum Gasteiger partial charge on any atom is -0.478 e. The van der Waals surface area contributed by atoms with Gasteiger partial charge in [0.15, 0.2) is 0 Å². The lowest BCUT2D eigenvalue weighted by Gasteiger charge is -2.29. The smallest absolute Gasteiger partial charge is 0.338 e. The van der Waals surface area contributed by atoms with Crippen molar-refractivity contribution < 1.29 is 28.7 Å². The van der Waals surface area contributed by atoms with Crippen LogP contribution in [0.15, 0.2) is 12.1 Å². The summed E-state index contributed by atoms with van der Waals surface area (Å²) in [7, 11) is 0. The lowest BCUT2D eigenvalue weighted by Crippen LogP contribution is -2.52. The van der Waals surface area contributed by atoms with Crippen molar-refractivity contribution in [3.63, 3.8) is 0 Å². The molecule has 1 saturated heterocycles. The van der Waals surface area contributed by atoms with Crippen LogP contribution in [0, 0.1) is 5.82 Å². The van der Waals surface area contributed by atoms with Crippen molar-refractivity contribution >= 4 is 23.7 Å². The van der Waals surface area contributed by atoms with Gasteiger partial charge >= 0.3 is 5.97 Å². The monoisotopic (exact) mass is 306 g/mol. The number of fused-ring (bicyclic) bond motifs is 1. The number of nitrogens with one attached hydrogen (secondary N) is 1. The van der Waals surface area contributed by atoms with Crippen molar-refractivity contribution in [3.05, 3.63) is 34.6 Å². The molecule has 7 nitrogen and oxygen atoms in total. The Labute approximate surface area is 123 Å². The lowest BCUT2D eigenvalue weighted by molar-refractivity contribution is -0.136. The van der Waals surface area contributed by atoms with Crippen LogP contribution in [0.3, 0.4) is 0 Å². The first-order valence-corrected chi connectivity index (χ1v) is 6.59. The third-order valence-corrected chi connectivity index (χ3v) is 3.88. The Morgan fingerprint density at radius 2 is 2.05 bits per heavy atom. The van der Waals surface area contributed by atoms with E-state index in [0.717, 1.165) is 6.07 Å². The minimum atomic E-state index is -1.42. The molecule has 22 heavy (non-hydrogen) atoms. The molecule has 114 valence electrons. The van der Waals surface area contributed by atoms with Crippen molar-refractivity contribution in [2.24, 2.45) is 0 Å². The quantitative estimate of drug-likeness (QED) is 0.764. The van der Waals surface area contributed by atoms with Crippen LogP contribution in [0.1, 0.15) is 39.1 Å². The van der Waals surface area contributed by atoms with Crippen molar-refractivity contribution in [2.75, 3.05) is 0 Å². The average Bonchev–Trinajstić information content (AvgIpc) is 2.77. The first-order chi connectivity index (χ1) is 10.4. The van der Waals surface area contributed by atoms with Gasteiger partial charge in [0.25, 0.3) is 5.91 Å². The molecule has 0 radical (unpaired) electrons. The number of benzene rings is 1. The van der Waals surface area contributed by atoms with Crippen LogP contribution >= 0.6 is 0 Å². The number of carboxylic acids is 1. The molecule has 0 spiro atoms. The van der Waals surface area contributed by atoms with Gasteiger partial charge in [-0.25, -0.2) is 9.18 Å². The molecular formula is C14H11FN2O5. The number of carbonyl (C=O) groups is 4. The van der Waals surface area contributed by atoms with Gasteiger partial charge in [-0.05, 0) is 18.6 Å². The van der Waals surface area contributed by atoms with E-state index >= 15 is 0 Å². The SMILES string of the molecule is O=C1CCC(N2Cc3c(ccc(C(=O)O)c3F)C2=O)C(=O)N1. The molecule has 8 heteroatoms. The highest BCUT2D eigenvalue weighted by atomic mass is 19.1. The van der Waals surface area contributed by atoms with Crippen molar-refractivity contribution in [1.29, 1.82) is 0 Å². The molecule has 2 N–H and O–H groups in total. The van der Waals surface area contributed by atoms with E-state index in [1.807, 2.05) is 0 Å². The number of piperidine rings is 1. The second-order valence-corrected chi connectivity index (χ2v) is 5.16. The zero-order valence-electron chi connectivity index (χ0n) is 11.3. The van der Waals surface area contributed by atoms with Gasteiger partial charge < -0.3 is 10.0 Å². The molecule has 2 aliphatic rings. The molecule has 0 bridgehead atoms. The number of aromatic carboxylic acids is 1. The summed E-state index contributed by atoms with van der Waals surface area (Å²) in [5, 5.41) is 11.0. The summed E-state index contributed by atoms with van der Waals surface area (Å²) in [5.41, 5.74) is -0.501. The van der Waals surface area contributed by atoms with Gasteiger partial charge in [-0.2, -0.15) is 0 Å². The fraction of sp³-hybridized carbons (Fsp3) is 0.286. The number of amides is 3. The van der Waals surface area contributed by atoms with Crippen LogP contribution in [0.5, 0.6) is 0 Å². The van der Waals surface area contributed by atoms with Gasteiger partial charge in [0.2, 0.25) is 11.8 Å². The number of rotatable bonds is 2. The molecule has 1 aromatic carbocycles. The fourth-order valence-electron chi connectivity index (χ4n) is 2.77. The number of imide groups is 1. The standard InChI is InChI=1S/C14H11FN2O5/c15-11-7(14(21)22)2-1-6-8(11)5-17(13(6)20)9-3-4-10(18)16-12(9)19/h1-2,9H,3-5H2,(H,21,22)(H,16,18,19). The highest BCUT2D eigenvalue weighted by molar-refractivity contribution is 6.05. The summed E-state index contributed by atoms with van der Waals surface area (Å²) in [6.07, 6.45) is 0.261. The van der Waals surface area contributed by atoms with Crippen molar-refractivity contribution in [1.82, 2.24) is 10.2 Å². The third kappa shape index (κ3) is 2.03. The summed E-state index contributed by atoms with van der Waals surface area (Å²) in [6, 6.07) is 1.42. The Morgan fingerprint density at radius 3 is 2.68 bits per heavy atom. The van der Waals surface area contributed by atoms with Gasteiger partial charge in [-0.3, -0.25) is 19.7 Å². The molecule has 1 atom stereocenters. The highest BCUT2D eigenvalue weighted by Gasteiger charge is 2.40. The summed E-state index contributed by atoms with van der Waals surface area (Å²) in [5.74, 6) is -3.94. The highest BCUT2D eigenvalue weighted by Crippen LogP contribution is 2.30. The predicted molar refractivity (Wildman–Crippen MR) is 69.4 cm³/mol. The minimum absolute atomic E-state index is 0.0328. The van der Waals surface area contributed by atoms with Gasteiger partial charge in [-0.15, -0.1) is 0 Å². The molecule has 0 aliphatic carbocycles. The van der Waals surface area contributed by atoms with E-state index in [2.05, 4.69) is 5.32 Å². The molecule has 0 saturated carbocycles. The molecule has 1 fully saturated rings. The maximum Gasteiger partial charge on any atom is 0.338 e. The van der Waals surface area contributed by atoms with Gasteiger partial charge in [0.05, 0.1) is 12.1 Å². The number of carboxylic acid groups (broad SMARTS) is 1. The zero-order chi connectivity index (χ0) is 16.0. The molecule has 1 unspecified atom stereocenters. The van der Waals surface area contributed by atoms with Crippen LogP contribution < -0.4 is 5.32 Å². The van der Waals surface area contributed by atoms with Crippen LogP contribution in [-0.4, -0.2) is 39.7 Å². The summed E-state index contributed by atoms with van der Waals surface area (Å²) in [6.45, 7) is -0.187. The second kappa shape index (κ2) is 4.90. The normalized spacial score (nSPS) is 20.9. The van der Waals surface area contributed by atoms with E-state index in [-0.39, 0.29) is 30.5 Å². The fourth-order valence-corrected chi connectivity index (χ4v) is 2.77. The van der Waals surface area contributed by atoms with Gasteiger partial charge in [0, 0.05) is 17.5 Å². The number of nitrogens with zero attached hydrogens (tertiary/aromatic N) is 1. The Morgan fingerprint density at radius 1 is 1.32 bits per heavy atom. The lowest BCUT2D eigenvalue weighted by atomic mass is 10.0. The van der Waals surface area contributed by atoms with Gasteiger partial charge in [0.1, 0.15) is 11.9 Å².